The molecule has 0 aliphatic carbocycles. The van der Waals surface area contributed by atoms with E-state index >= 15 is 0 Å². The molecule has 0 fully saturated rings. The molecule has 26 heavy (non-hydrogen) atoms. The fraction of sp³-hybridized carbons (Fsp3) is 0.250. The number of aromatic carboxylic acids is 1. The number of anilines is 1. The molecule has 6 nitrogen and oxygen atoms in total. The maximum absolute atomic E-state index is 12.2. The summed E-state index contributed by atoms with van der Waals surface area (Å²) in [5.41, 5.74) is 2.32. The van der Waals surface area contributed by atoms with Crippen LogP contribution in [0.15, 0.2) is 48.5 Å². The number of carbonyl (C=O) groups excluding carboxylic acids is 2. The molecular weight excluding hydrogens is 332 g/mol. The van der Waals surface area contributed by atoms with Crippen LogP contribution in [-0.4, -0.2) is 34.3 Å². The summed E-state index contributed by atoms with van der Waals surface area (Å²) in [5.74, 6) is -1.33. The minimum Gasteiger partial charge on any atom is -0.478 e. The van der Waals surface area contributed by atoms with Crippen LogP contribution in [0.1, 0.15) is 34.8 Å². The Kier molecular flexibility index (Phi) is 6.49. The average molecular weight is 354 g/mol. The lowest BCUT2D eigenvalue weighted by molar-refractivity contribution is -0.129. The van der Waals surface area contributed by atoms with E-state index in [1.807, 2.05) is 30.3 Å². The molecule has 0 aromatic heterocycles. The molecular formula is C20H22N2O4. The van der Waals surface area contributed by atoms with Crippen LogP contribution in [0.5, 0.6) is 0 Å². The largest absolute Gasteiger partial charge is 0.478 e. The molecule has 0 atom stereocenters. The van der Waals surface area contributed by atoms with E-state index in [1.54, 1.807) is 24.0 Å². The Morgan fingerprint density at radius 3 is 2.35 bits per heavy atom. The summed E-state index contributed by atoms with van der Waals surface area (Å²) < 4.78 is 0. The molecule has 2 aromatic rings. The van der Waals surface area contributed by atoms with E-state index in [4.69, 9.17) is 5.11 Å². The summed E-state index contributed by atoms with van der Waals surface area (Å²) in [4.78, 5) is 36.6. The first-order valence-electron chi connectivity index (χ1n) is 8.30. The van der Waals surface area contributed by atoms with Crippen molar-refractivity contribution < 1.29 is 19.5 Å². The standard InChI is InChI=1S/C20H22N2O4/c1-14-12-17(8-9-18(14)20(25)26)21-19(24)10-11-22(15(2)23)13-16-6-4-3-5-7-16/h3-9,12H,10-11,13H2,1-2H3,(H,21,24)(H,25,26). The highest BCUT2D eigenvalue weighted by atomic mass is 16.4. The zero-order chi connectivity index (χ0) is 19.1. The number of nitrogens with one attached hydrogen (secondary N) is 1. The molecule has 2 aromatic carbocycles. The van der Waals surface area contributed by atoms with Gasteiger partial charge in [-0.1, -0.05) is 30.3 Å². The van der Waals surface area contributed by atoms with Crippen molar-refractivity contribution >= 4 is 23.5 Å². The maximum atomic E-state index is 12.2. The topological polar surface area (TPSA) is 86.7 Å². The van der Waals surface area contributed by atoms with Gasteiger partial charge in [0.15, 0.2) is 0 Å². The summed E-state index contributed by atoms with van der Waals surface area (Å²) in [6.45, 7) is 3.92. The van der Waals surface area contributed by atoms with Crippen molar-refractivity contribution in [2.24, 2.45) is 0 Å². The lowest BCUT2D eigenvalue weighted by Gasteiger charge is -2.21. The highest BCUT2D eigenvalue weighted by molar-refractivity contribution is 5.93. The number of carboxylic acids is 1. The van der Waals surface area contributed by atoms with Crippen LogP contribution in [0, 0.1) is 6.92 Å². The van der Waals surface area contributed by atoms with Gasteiger partial charge in [-0.2, -0.15) is 0 Å². The number of benzene rings is 2. The number of aryl methyl sites for hydroxylation is 1. The third-order valence-corrected chi connectivity index (χ3v) is 4.01. The minimum atomic E-state index is -1.00. The van der Waals surface area contributed by atoms with Crippen molar-refractivity contribution in [1.82, 2.24) is 4.90 Å². The van der Waals surface area contributed by atoms with Gasteiger partial charge >= 0.3 is 5.97 Å². The fourth-order valence-electron chi connectivity index (χ4n) is 2.59. The van der Waals surface area contributed by atoms with E-state index in [2.05, 4.69) is 5.32 Å². The molecule has 0 heterocycles. The van der Waals surface area contributed by atoms with Crippen LogP contribution >= 0.6 is 0 Å². The number of rotatable bonds is 7. The van der Waals surface area contributed by atoms with E-state index in [1.165, 1.54) is 13.0 Å². The Labute approximate surface area is 152 Å². The van der Waals surface area contributed by atoms with Crippen LogP contribution in [0.3, 0.4) is 0 Å². The molecule has 0 spiro atoms. The molecule has 0 saturated carbocycles. The predicted octanol–water partition coefficient (Wildman–Crippen LogP) is 3.07. The predicted molar refractivity (Wildman–Crippen MR) is 98.9 cm³/mol. The number of carboxylic acid groups (broad SMARTS) is 1. The Morgan fingerprint density at radius 1 is 1.08 bits per heavy atom. The van der Waals surface area contributed by atoms with Crippen molar-refractivity contribution in [2.45, 2.75) is 26.8 Å². The minimum absolute atomic E-state index is 0.0942. The lowest BCUT2D eigenvalue weighted by atomic mass is 10.1. The van der Waals surface area contributed by atoms with Crippen LogP contribution in [-0.2, 0) is 16.1 Å². The van der Waals surface area contributed by atoms with E-state index < -0.39 is 5.97 Å². The first-order valence-corrected chi connectivity index (χ1v) is 8.30. The number of nitrogens with zero attached hydrogens (tertiary/aromatic N) is 1. The second-order valence-electron chi connectivity index (χ2n) is 6.06. The van der Waals surface area contributed by atoms with Gasteiger partial charge in [-0.3, -0.25) is 9.59 Å². The van der Waals surface area contributed by atoms with Crippen molar-refractivity contribution in [3.05, 3.63) is 65.2 Å². The third-order valence-electron chi connectivity index (χ3n) is 4.01. The first kappa shape index (κ1) is 19.2. The molecule has 2 N–H and O–H groups in total. The van der Waals surface area contributed by atoms with Gasteiger partial charge in [0.05, 0.1) is 5.56 Å². The zero-order valence-electron chi connectivity index (χ0n) is 14.9. The van der Waals surface area contributed by atoms with E-state index in [-0.39, 0.29) is 23.8 Å². The summed E-state index contributed by atoms with van der Waals surface area (Å²) >= 11 is 0. The number of carbonyl (C=O) groups is 3. The molecule has 2 amide bonds. The quantitative estimate of drug-likeness (QED) is 0.800. The Bertz CT molecular complexity index is 803. The molecule has 0 aliphatic heterocycles. The van der Waals surface area contributed by atoms with Gasteiger partial charge in [0.2, 0.25) is 11.8 Å². The molecule has 6 heteroatoms. The summed E-state index contributed by atoms with van der Waals surface area (Å²) in [6, 6.07) is 14.2. The fourth-order valence-corrected chi connectivity index (χ4v) is 2.59. The van der Waals surface area contributed by atoms with Gasteiger partial charge in [0.1, 0.15) is 0 Å². The summed E-state index contributed by atoms with van der Waals surface area (Å²) in [6.07, 6.45) is 0.159. The summed E-state index contributed by atoms with van der Waals surface area (Å²) in [5, 5.41) is 11.8. The first-order chi connectivity index (χ1) is 12.4. The number of amides is 2. The maximum Gasteiger partial charge on any atom is 0.335 e. The van der Waals surface area contributed by atoms with Crippen molar-refractivity contribution in [3.8, 4) is 0 Å². The Balaban J connectivity index is 1.93. The molecule has 0 radical (unpaired) electrons. The monoisotopic (exact) mass is 354 g/mol. The molecule has 0 bridgehead atoms. The van der Waals surface area contributed by atoms with Gasteiger partial charge in [-0.15, -0.1) is 0 Å². The third kappa shape index (κ3) is 5.44. The Morgan fingerprint density at radius 2 is 1.77 bits per heavy atom. The molecule has 136 valence electrons. The Hall–Kier alpha value is -3.15. The molecule has 0 unspecified atom stereocenters. The van der Waals surface area contributed by atoms with Crippen LogP contribution in [0.25, 0.3) is 0 Å². The SMILES string of the molecule is CC(=O)N(CCC(=O)Nc1ccc(C(=O)O)c(C)c1)Cc1ccccc1. The van der Waals surface area contributed by atoms with Crippen molar-refractivity contribution in [3.63, 3.8) is 0 Å². The van der Waals surface area contributed by atoms with Gasteiger partial charge in [-0.05, 0) is 36.2 Å². The van der Waals surface area contributed by atoms with E-state index in [9.17, 15) is 14.4 Å². The number of hydrogen-bond acceptors (Lipinski definition) is 3. The van der Waals surface area contributed by atoms with Crippen LogP contribution in [0.4, 0.5) is 5.69 Å². The molecule has 0 saturated heterocycles. The molecule has 2 rings (SSSR count). The average Bonchev–Trinajstić information content (AvgIpc) is 2.59. The van der Waals surface area contributed by atoms with E-state index in [0.29, 0.717) is 24.3 Å². The van der Waals surface area contributed by atoms with Crippen LogP contribution in [0.2, 0.25) is 0 Å². The second kappa shape index (κ2) is 8.80. The molecule has 0 aliphatic rings. The van der Waals surface area contributed by atoms with Gasteiger partial charge in [0, 0.05) is 32.1 Å². The van der Waals surface area contributed by atoms with Crippen molar-refractivity contribution in [1.29, 1.82) is 0 Å². The summed E-state index contributed by atoms with van der Waals surface area (Å²) in [7, 11) is 0. The smallest absolute Gasteiger partial charge is 0.335 e. The zero-order valence-corrected chi connectivity index (χ0v) is 14.9. The van der Waals surface area contributed by atoms with Gasteiger partial charge in [0.25, 0.3) is 0 Å². The van der Waals surface area contributed by atoms with Gasteiger partial charge in [-0.25, -0.2) is 4.79 Å². The second-order valence-corrected chi connectivity index (χ2v) is 6.06. The lowest BCUT2D eigenvalue weighted by Crippen LogP contribution is -2.31. The van der Waals surface area contributed by atoms with Crippen LogP contribution < -0.4 is 5.32 Å². The van der Waals surface area contributed by atoms with Crippen molar-refractivity contribution in [2.75, 3.05) is 11.9 Å². The van der Waals surface area contributed by atoms with E-state index in [0.717, 1.165) is 5.56 Å². The highest BCUT2D eigenvalue weighted by Gasteiger charge is 2.13. The normalized spacial score (nSPS) is 10.2. The number of hydrogen-bond donors (Lipinski definition) is 2. The van der Waals surface area contributed by atoms with Gasteiger partial charge < -0.3 is 15.3 Å². The highest BCUT2D eigenvalue weighted by Crippen LogP contribution is 2.15.